The second kappa shape index (κ2) is 6.79. The van der Waals surface area contributed by atoms with Crippen molar-refractivity contribution in [3.05, 3.63) is 29.3 Å². The van der Waals surface area contributed by atoms with Crippen molar-refractivity contribution in [1.29, 1.82) is 0 Å². The molecule has 2 nitrogen and oxygen atoms in total. The van der Waals surface area contributed by atoms with Crippen LogP contribution < -0.4 is 10.1 Å². The highest BCUT2D eigenvalue weighted by Crippen LogP contribution is 2.27. The van der Waals surface area contributed by atoms with Gasteiger partial charge in [0.2, 0.25) is 0 Å². The highest BCUT2D eigenvalue weighted by Gasteiger charge is 2.13. The van der Waals surface area contributed by atoms with Gasteiger partial charge in [0, 0.05) is 6.54 Å². The molecule has 0 atom stereocenters. The van der Waals surface area contributed by atoms with Crippen molar-refractivity contribution < 1.29 is 4.74 Å². The zero-order valence-corrected chi connectivity index (χ0v) is 11.7. The van der Waals surface area contributed by atoms with E-state index in [1.54, 1.807) is 7.11 Å². The predicted molar refractivity (Wildman–Crippen MR) is 76.0 cm³/mol. The number of nitrogens with one attached hydrogen (secondary N) is 1. The van der Waals surface area contributed by atoms with Crippen molar-refractivity contribution in [3.63, 3.8) is 0 Å². The summed E-state index contributed by atoms with van der Waals surface area (Å²) in [6.07, 6.45) is 7.13. The van der Waals surface area contributed by atoms with Crippen molar-refractivity contribution >= 4 is 0 Å². The average molecular weight is 247 g/mol. The lowest BCUT2D eigenvalue weighted by Gasteiger charge is -2.11. The predicted octanol–water partition coefficient (Wildman–Crippen LogP) is 3.67. The Hall–Kier alpha value is -1.02. The van der Waals surface area contributed by atoms with E-state index in [-0.39, 0.29) is 0 Å². The molecule has 18 heavy (non-hydrogen) atoms. The number of methoxy groups -OCH3 is 1. The zero-order chi connectivity index (χ0) is 12.8. The number of hydrogen-bond acceptors (Lipinski definition) is 2. The van der Waals surface area contributed by atoms with E-state index in [1.165, 1.54) is 43.2 Å². The summed E-state index contributed by atoms with van der Waals surface area (Å²) in [5.41, 5.74) is 2.56. The van der Waals surface area contributed by atoms with Gasteiger partial charge in [0.25, 0.3) is 0 Å². The van der Waals surface area contributed by atoms with Crippen molar-refractivity contribution in [1.82, 2.24) is 5.32 Å². The molecule has 1 saturated carbocycles. The van der Waals surface area contributed by atoms with Crippen LogP contribution in [0.3, 0.4) is 0 Å². The Kier molecular flexibility index (Phi) is 5.06. The molecule has 1 fully saturated rings. The molecule has 0 heterocycles. The summed E-state index contributed by atoms with van der Waals surface area (Å²) >= 11 is 0. The zero-order valence-electron chi connectivity index (χ0n) is 11.7. The smallest absolute Gasteiger partial charge is 0.121 e. The second-order valence-corrected chi connectivity index (χ2v) is 5.42. The van der Waals surface area contributed by atoms with Gasteiger partial charge in [0.1, 0.15) is 5.75 Å². The Bertz CT molecular complexity index is 369. The van der Waals surface area contributed by atoms with Gasteiger partial charge in [-0.2, -0.15) is 0 Å². The molecule has 0 radical (unpaired) electrons. The van der Waals surface area contributed by atoms with E-state index < -0.39 is 0 Å². The molecule has 1 aromatic rings. The molecule has 1 aromatic carbocycles. The van der Waals surface area contributed by atoms with Crippen LogP contribution in [0.4, 0.5) is 0 Å². The summed E-state index contributed by atoms with van der Waals surface area (Å²) in [4.78, 5) is 0. The number of ether oxygens (including phenoxy) is 1. The Morgan fingerprint density at radius 1 is 1.28 bits per heavy atom. The standard InChI is InChI=1S/C16H25NO/c1-13-11-15(7-8-16(13)18-2)12-17-10-9-14-5-3-4-6-14/h7-8,11,14,17H,3-6,9-10,12H2,1-2H3. The third-order valence-corrected chi connectivity index (χ3v) is 3.99. The second-order valence-electron chi connectivity index (χ2n) is 5.42. The molecule has 2 heteroatoms. The maximum Gasteiger partial charge on any atom is 0.121 e. The average Bonchev–Trinajstić information content (AvgIpc) is 2.88. The van der Waals surface area contributed by atoms with Crippen molar-refractivity contribution in [2.24, 2.45) is 5.92 Å². The van der Waals surface area contributed by atoms with Crippen LogP contribution in [0.1, 0.15) is 43.2 Å². The van der Waals surface area contributed by atoms with Crippen LogP contribution >= 0.6 is 0 Å². The number of hydrogen-bond donors (Lipinski definition) is 1. The topological polar surface area (TPSA) is 21.3 Å². The van der Waals surface area contributed by atoms with Gasteiger partial charge in [-0.15, -0.1) is 0 Å². The van der Waals surface area contributed by atoms with Crippen LogP contribution in [-0.4, -0.2) is 13.7 Å². The Morgan fingerprint density at radius 2 is 2.06 bits per heavy atom. The lowest BCUT2D eigenvalue weighted by atomic mass is 10.0. The van der Waals surface area contributed by atoms with Crippen molar-refractivity contribution in [2.75, 3.05) is 13.7 Å². The first-order chi connectivity index (χ1) is 8.79. The van der Waals surface area contributed by atoms with Gasteiger partial charge in [-0.25, -0.2) is 0 Å². The maximum atomic E-state index is 5.27. The van der Waals surface area contributed by atoms with Gasteiger partial charge >= 0.3 is 0 Å². The van der Waals surface area contributed by atoms with Crippen LogP contribution in [0.2, 0.25) is 0 Å². The summed E-state index contributed by atoms with van der Waals surface area (Å²) in [5, 5.41) is 3.55. The van der Waals surface area contributed by atoms with Gasteiger partial charge in [0.05, 0.1) is 7.11 Å². The molecule has 1 aliphatic rings. The quantitative estimate of drug-likeness (QED) is 0.774. The first-order valence-corrected chi connectivity index (χ1v) is 7.14. The molecule has 0 spiro atoms. The van der Waals surface area contributed by atoms with Gasteiger partial charge in [0.15, 0.2) is 0 Å². The van der Waals surface area contributed by atoms with E-state index in [1.807, 2.05) is 0 Å². The van der Waals surface area contributed by atoms with E-state index in [0.717, 1.165) is 24.8 Å². The van der Waals surface area contributed by atoms with Gasteiger partial charge in [-0.05, 0) is 43.0 Å². The highest BCUT2D eigenvalue weighted by molar-refractivity contribution is 5.36. The van der Waals surface area contributed by atoms with E-state index in [0.29, 0.717) is 0 Å². The molecule has 0 bridgehead atoms. The molecular formula is C16H25NO. The molecule has 2 rings (SSSR count). The molecule has 1 N–H and O–H groups in total. The van der Waals surface area contributed by atoms with Crippen LogP contribution in [0.5, 0.6) is 5.75 Å². The van der Waals surface area contributed by atoms with E-state index >= 15 is 0 Å². The number of benzene rings is 1. The molecular weight excluding hydrogens is 222 g/mol. The molecule has 0 amide bonds. The first-order valence-electron chi connectivity index (χ1n) is 7.14. The number of rotatable bonds is 6. The van der Waals surface area contributed by atoms with E-state index in [2.05, 4.69) is 30.4 Å². The van der Waals surface area contributed by atoms with Gasteiger partial charge < -0.3 is 10.1 Å². The van der Waals surface area contributed by atoms with E-state index in [4.69, 9.17) is 4.74 Å². The summed E-state index contributed by atoms with van der Waals surface area (Å²) < 4.78 is 5.27. The lowest BCUT2D eigenvalue weighted by Crippen LogP contribution is -2.17. The Balaban J connectivity index is 1.71. The van der Waals surface area contributed by atoms with Crippen LogP contribution in [0.25, 0.3) is 0 Å². The SMILES string of the molecule is COc1ccc(CNCCC2CCCC2)cc1C. The maximum absolute atomic E-state index is 5.27. The highest BCUT2D eigenvalue weighted by atomic mass is 16.5. The van der Waals surface area contributed by atoms with Crippen molar-refractivity contribution in [2.45, 2.75) is 45.6 Å². The minimum absolute atomic E-state index is 0.970. The van der Waals surface area contributed by atoms with Gasteiger partial charge in [-0.1, -0.05) is 37.8 Å². The van der Waals surface area contributed by atoms with Crippen molar-refractivity contribution in [3.8, 4) is 5.75 Å². The summed E-state index contributed by atoms with van der Waals surface area (Å²) in [6, 6.07) is 6.42. The molecule has 100 valence electrons. The van der Waals surface area contributed by atoms with Crippen LogP contribution in [-0.2, 0) is 6.54 Å². The Labute approximate surface area is 111 Å². The monoisotopic (exact) mass is 247 g/mol. The third-order valence-electron chi connectivity index (χ3n) is 3.99. The molecule has 0 saturated heterocycles. The molecule has 0 aliphatic heterocycles. The minimum Gasteiger partial charge on any atom is -0.496 e. The fourth-order valence-corrected chi connectivity index (χ4v) is 2.89. The van der Waals surface area contributed by atoms with Gasteiger partial charge in [-0.3, -0.25) is 0 Å². The van der Waals surface area contributed by atoms with Crippen LogP contribution in [0.15, 0.2) is 18.2 Å². The Morgan fingerprint density at radius 3 is 2.72 bits per heavy atom. The minimum atomic E-state index is 0.970. The fourth-order valence-electron chi connectivity index (χ4n) is 2.89. The summed E-state index contributed by atoms with van der Waals surface area (Å²) in [7, 11) is 1.72. The molecule has 0 aromatic heterocycles. The number of aryl methyl sites for hydroxylation is 1. The summed E-state index contributed by atoms with van der Waals surface area (Å²) in [5.74, 6) is 1.96. The first kappa shape index (κ1) is 13.4. The van der Waals surface area contributed by atoms with Crippen LogP contribution in [0, 0.1) is 12.8 Å². The lowest BCUT2D eigenvalue weighted by molar-refractivity contribution is 0.411. The molecule has 1 aliphatic carbocycles. The largest absolute Gasteiger partial charge is 0.496 e. The normalized spacial score (nSPS) is 16.1. The summed E-state index contributed by atoms with van der Waals surface area (Å²) in [6.45, 7) is 4.22. The van der Waals surface area contributed by atoms with E-state index in [9.17, 15) is 0 Å². The molecule has 0 unspecified atom stereocenters. The fraction of sp³-hybridized carbons (Fsp3) is 0.625. The third kappa shape index (κ3) is 3.74.